The Labute approximate surface area is 184 Å². The van der Waals surface area contributed by atoms with Crippen LogP contribution in [0.3, 0.4) is 0 Å². The fraction of sp³-hybridized carbons (Fsp3) is 0.318. The van der Waals surface area contributed by atoms with Gasteiger partial charge >= 0.3 is 0 Å². The summed E-state index contributed by atoms with van der Waals surface area (Å²) in [6.07, 6.45) is 6.60. The first kappa shape index (κ1) is 20.8. The molecule has 0 radical (unpaired) electrons. The number of benzene rings is 1. The Morgan fingerprint density at radius 2 is 1.93 bits per heavy atom. The van der Waals surface area contributed by atoms with E-state index in [1.165, 1.54) is 0 Å². The molecule has 0 atom stereocenters. The van der Waals surface area contributed by atoms with Crippen LogP contribution in [0.1, 0.15) is 30.5 Å². The van der Waals surface area contributed by atoms with Crippen molar-refractivity contribution >= 4 is 46.5 Å². The average molecular weight is 444 g/mol. The van der Waals surface area contributed by atoms with E-state index in [0.29, 0.717) is 23.0 Å². The van der Waals surface area contributed by atoms with E-state index in [1.54, 1.807) is 11.0 Å². The molecule has 6 nitrogen and oxygen atoms in total. The Morgan fingerprint density at radius 1 is 1.17 bits per heavy atom. The number of carbonyl (C=O) groups excluding carboxylic acids is 3. The van der Waals surface area contributed by atoms with Crippen LogP contribution >= 0.6 is 23.4 Å². The van der Waals surface area contributed by atoms with Crippen LogP contribution in [-0.2, 0) is 9.59 Å². The highest BCUT2D eigenvalue weighted by Gasteiger charge is 2.37. The van der Waals surface area contributed by atoms with Gasteiger partial charge in [0, 0.05) is 35.7 Å². The third kappa shape index (κ3) is 4.18. The monoisotopic (exact) mass is 443 g/mol. The normalized spacial score (nSPS) is 18.5. The predicted octanol–water partition coefficient (Wildman–Crippen LogP) is 4.49. The molecule has 2 aliphatic heterocycles. The standard InChI is InChI=1S/C22H22ClN3O3S/c1-15-7-8-17(12-18(15)23)25-11-5-6-16(25)13-19-21(28)26(22(29)30-19)14-20(27)24-9-3-2-4-10-24/h5-8,11-13H,2-4,9-10,14H2,1H3/b19-13-. The first-order valence-electron chi connectivity index (χ1n) is 9.91. The van der Waals surface area contributed by atoms with Crippen LogP contribution in [0.4, 0.5) is 4.79 Å². The van der Waals surface area contributed by atoms with Crippen LogP contribution in [-0.4, -0.2) is 51.1 Å². The van der Waals surface area contributed by atoms with Gasteiger partial charge in [-0.15, -0.1) is 0 Å². The van der Waals surface area contributed by atoms with Crippen molar-refractivity contribution in [2.75, 3.05) is 19.6 Å². The molecule has 2 aliphatic rings. The van der Waals surface area contributed by atoms with Gasteiger partial charge in [-0.25, -0.2) is 0 Å². The van der Waals surface area contributed by atoms with Crippen LogP contribution in [0.15, 0.2) is 41.4 Å². The van der Waals surface area contributed by atoms with E-state index >= 15 is 0 Å². The van der Waals surface area contributed by atoms with Crippen molar-refractivity contribution < 1.29 is 14.4 Å². The van der Waals surface area contributed by atoms with E-state index in [9.17, 15) is 14.4 Å². The van der Waals surface area contributed by atoms with E-state index in [4.69, 9.17) is 11.6 Å². The lowest BCUT2D eigenvalue weighted by atomic mass is 10.1. The Kier molecular flexibility index (Phi) is 6.01. The number of aryl methyl sites for hydroxylation is 1. The molecule has 3 amide bonds. The zero-order valence-electron chi connectivity index (χ0n) is 16.6. The van der Waals surface area contributed by atoms with Crippen LogP contribution in [0.2, 0.25) is 5.02 Å². The number of hydrogen-bond donors (Lipinski definition) is 0. The van der Waals surface area contributed by atoms with Crippen LogP contribution < -0.4 is 0 Å². The molecule has 1 aromatic carbocycles. The number of piperidine rings is 1. The molecule has 0 bridgehead atoms. The van der Waals surface area contributed by atoms with Gasteiger partial charge in [0.25, 0.3) is 11.1 Å². The molecule has 156 valence electrons. The molecule has 2 aromatic rings. The number of rotatable bonds is 4. The molecular weight excluding hydrogens is 422 g/mol. The van der Waals surface area contributed by atoms with E-state index in [0.717, 1.165) is 52.9 Å². The Bertz CT molecular complexity index is 1040. The first-order valence-corrected chi connectivity index (χ1v) is 11.1. The summed E-state index contributed by atoms with van der Waals surface area (Å²) >= 11 is 7.12. The zero-order valence-corrected chi connectivity index (χ0v) is 18.2. The molecule has 30 heavy (non-hydrogen) atoms. The second-order valence-corrected chi connectivity index (χ2v) is 8.85. The van der Waals surface area contributed by atoms with Crippen molar-refractivity contribution in [3.05, 3.63) is 57.7 Å². The largest absolute Gasteiger partial charge is 0.341 e. The first-order chi connectivity index (χ1) is 14.4. The topological polar surface area (TPSA) is 62.6 Å². The maximum absolute atomic E-state index is 12.8. The Hall–Kier alpha value is -2.51. The van der Waals surface area contributed by atoms with Crippen LogP contribution in [0, 0.1) is 6.92 Å². The number of likely N-dealkylation sites (tertiary alicyclic amines) is 1. The molecule has 0 spiro atoms. The summed E-state index contributed by atoms with van der Waals surface area (Å²) in [4.78, 5) is 40.8. The van der Waals surface area contributed by atoms with Crippen LogP contribution in [0.25, 0.3) is 11.8 Å². The summed E-state index contributed by atoms with van der Waals surface area (Å²) in [5.74, 6) is -0.596. The van der Waals surface area contributed by atoms with Gasteiger partial charge in [0.05, 0.1) is 4.91 Å². The predicted molar refractivity (Wildman–Crippen MR) is 119 cm³/mol. The van der Waals surface area contributed by atoms with Gasteiger partial charge in [-0.3, -0.25) is 19.3 Å². The number of aromatic nitrogens is 1. The van der Waals surface area contributed by atoms with Gasteiger partial charge in [0.2, 0.25) is 5.91 Å². The quantitative estimate of drug-likeness (QED) is 0.653. The van der Waals surface area contributed by atoms with Crippen molar-refractivity contribution in [2.24, 2.45) is 0 Å². The van der Waals surface area contributed by atoms with Gasteiger partial charge in [-0.1, -0.05) is 17.7 Å². The second-order valence-electron chi connectivity index (χ2n) is 7.45. The fourth-order valence-electron chi connectivity index (χ4n) is 3.63. The highest BCUT2D eigenvalue weighted by Crippen LogP contribution is 2.33. The number of nitrogens with zero attached hydrogens (tertiary/aromatic N) is 3. The third-order valence-corrected chi connectivity index (χ3v) is 6.68. The lowest BCUT2D eigenvalue weighted by Crippen LogP contribution is -2.44. The molecule has 1 aromatic heterocycles. The van der Waals surface area contributed by atoms with Crippen molar-refractivity contribution in [2.45, 2.75) is 26.2 Å². The lowest BCUT2D eigenvalue weighted by molar-refractivity contribution is -0.136. The molecule has 3 heterocycles. The zero-order chi connectivity index (χ0) is 21.3. The minimum atomic E-state index is -0.426. The summed E-state index contributed by atoms with van der Waals surface area (Å²) in [6.45, 7) is 3.12. The third-order valence-electron chi connectivity index (χ3n) is 5.37. The molecule has 4 rings (SSSR count). The molecule has 8 heteroatoms. The molecule has 2 fully saturated rings. The summed E-state index contributed by atoms with van der Waals surface area (Å²) in [5.41, 5.74) is 2.60. The minimum Gasteiger partial charge on any atom is -0.341 e. The average Bonchev–Trinajstić information content (AvgIpc) is 3.31. The number of halogens is 1. The lowest BCUT2D eigenvalue weighted by Gasteiger charge is -2.27. The summed E-state index contributed by atoms with van der Waals surface area (Å²) in [6, 6.07) is 9.46. The summed E-state index contributed by atoms with van der Waals surface area (Å²) in [5, 5.41) is 0.247. The van der Waals surface area contributed by atoms with Crippen molar-refractivity contribution in [1.29, 1.82) is 0 Å². The fourth-order valence-corrected chi connectivity index (χ4v) is 4.63. The molecule has 0 unspecified atom stereocenters. The van der Waals surface area contributed by atoms with E-state index in [1.807, 2.05) is 48.0 Å². The Morgan fingerprint density at radius 3 is 2.67 bits per heavy atom. The van der Waals surface area contributed by atoms with Gasteiger partial charge in [0.1, 0.15) is 6.54 Å². The molecule has 0 N–H and O–H groups in total. The molecular formula is C22H22ClN3O3S. The molecule has 0 aliphatic carbocycles. The number of imide groups is 1. The smallest absolute Gasteiger partial charge is 0.294 e. The highest BCUT2D eigenvalue weighted by atomic mass is 35.5. The van der Waals surface area contributed by atoms with Crippen molar-refractivity contribution in [1.82, 2.24) is 14.4 Å². The minimum absolute atomic E-state index is 0.170. The van der Waals surface area contributed by atoms with Gasteiger partial charge in [-0.05, 0) is 73.9 Å². The van der Waals surface area contributed by atoms with Crippen LogP contribution in [0.5, 0.6) is 0 Å². The number of carbonyl (C=O) groups is 3. The van der Waals surface area contributed by atoms with E-state index < -0.39 is 11.1 Å². The van der Waals surface area contributed by atoms with E-state index in [-0.39, 0.29) is 12.5 Å². The number of hydrogen-bond acceptors (Lipinski definition) is 4. The van der Waals surface area contributed by atoms with E-state index in [2.05, 4.69) is 0 Å². The SMILES string of the molecule is Cc1ccc(-n2cccc2/C=C2\SC(=O)N(CC(=O)N3CCCCC3)C2=O)cc1Cl. The highest BCUT2D eigenvalue weighted by molar-refractivity contribution is 8.18. The number of thioether (sulfide) groups is 1. The second kappa shape index (κ2) is 8.70. The maximum atomic E-state index is 12.8. The summed E-state index contributed by atoms with van der Waals surface area (Å²) in [7, 11) is 0. The number of amides is 3. The molecule has 2 saturated heterocycles. The van der Waals surface area contributed by atoms with Gasteiger partial charge in [0.15, 0.2) is 0 Å². The summed E-state index contributed by atoms with van der Waals surface area (Å²) < 4.78 is 1.90. The maximum Gasteiger partial charge on any atom is 0.294 e. The van der Waals surface area contributed by atoms with Crippen molar-refractivity contribution in [3.63, 3.8) is 0 Å². The van der Waals surface area contributed by atoms with Gasteiger partial charge < -0.3 is 9.47 Å². The molecule has 0 saturated carbocycles. The van der Waals surface area contributed by atoms with Crippen molar-refractivity contribution in [3.8, 4) is 5.69 Å². The Balaban J connectivity index is 1.53. The van der Waals surface area contributed by atoms with Gasteiger partial charge in [-0.2, -0.15) is 0 Å².